The summed E-state index contributed by atoms with van der Waals surface area (Å²) < 4.78 is 13.7. The molecular formula is C10H13BrFN3O. The first-order valence-electron chi connectivity index (χ1n) is 4.70. The van der Waals surface area contributed by atoms with Crippen molar-refractivity contribution < 1.29 is 9.18 Å². The molecule has 88 valence electrons. The predicted molar refractivity (Wildman–Crippen MR) is 63.0 cm³/mol. The molecule has 1 aromatic rings. The molecular weight excluding hydrogens is 277 g/mol. The van der Waals surface area contributed by atoms with Gasteiger partial charge in [-0.05, 0) is 23.8 Å². The van der Waals surface area contributed by atoms with Crippen molar-refractivity contribution in [3.8, 4) is 0 Å². The molecule has 0 aliphatic rings. The minimum Gasteiger partial charge on any atom is -0.368 e. The van der Waals surface area contributed by atoms with Gasteiger partial charge in [0.2, 0.25) is 5.91 Å². The molecule has 16 heavy (non-hydrogen) atoms. The fraction of sp³-hybridized carbons (Fsp3) is 0.300. The highest BCUT2D eigenvalue weighted by Crippen LogP contribution is 2.17. The van der Waals surface area contributed by atoms with Crippen molar-refractivity contribution in [2.45, 2.75) is 12.6 Å². The van der Waals surface area contributed by atoms with Crippen LogP contribution in [0.15, 0.2) is 22.7 Å². The Morgan fingerprint density at radius 3 is 2.88 bits per heavy atom. The lowest BCUT2D eigenvalue weighted by Gasteiger charge is -2.10. The summed E-state index contributed by atoms with van der Waals surface area (Å²) in [5.41, 5.74) is 11.2. The maximum absolute atomic E-state index is 12.9. The lowest BCUT2D eigenvalue weighted by atomic mass is 10.2. The van der Waals surface area contributed by atoms with Crippen molar-refractivity contribution in [3.05, 3.63) is 34.1 Å². The number of nitrogens with one attached hydrogen (secondary N) is 1. The summed E-state index contributed by atoms with van der Waals surface area (Å²) in [6.45, 7) is 0.678. The zero-order valence-corrected chi connectivity index (χ0v) is 10.1. The fourth-order valence-corrected chi connectivity index (χ4v) is 1.53. The second kappa shape index (κ2) is 5.93. The van der Waals surface area contributed by atoms with Crippen LogP contribution in [0.25, 0.3) is 0 Å². The van der Waals surface area contributed by atoms with Crippen molar-refractivity contribution in [1.82, 2.24) is 5.32 Å². The normalized spacial score (nSPS) is 12.4. The van der Waals surface area contributed by atoms with Crippen molar-refractivity contribution >= 4 is 21.8 Å². The summed E-state index contributed by atoms with van der Waals surface area (Å²) in [6, 6.07) is 3.67. The lowest BCUT2D eigenvalue weighted by Crippen LogP contribution is -2.44. The van der Waals surface area contributed by atoms with Crippen molar-refractivity contribution in [2.75, 3.05) is 6.54 Å². The van der Waals surface area contributed by atoms with E-state index in [1.807, 2.05) is 0 Å². The number of halogens is 2. The topological polar surface area (TPSA) is 81.1 Å². The molecule has 0 aromatic heterocycles. The molecule has 1 amide bonds. The Hall–Kier alpha value is -0.980. The van der Waals surface area contributed by atoms with Gasteiger partial charge >= 0.3 is 0 Å². The van der Waals surface area contributed by atoms with Gasteiger partial charge in [0.25, 0.3) is 0 Å². The number of carbonyl (C=O) groups is 1. The van der Waals surface area contributed by atoms with Crippen LogP contribution in [0.2, 0.25) is 0 Å². The van der Waals surface area contributed by atoms with E-state index in [-0.39, 0.29) is 12.4 Å². The molecule has 0 fully saturated rings. The molecule has 1 rings (SSSR count). The minimum absolute atomic E-state index is 0.262. The molecule has 0 saturated heterocycles. The van der Waals surface area contributed by atoms with Gasteiger partial charge in [-0.25, -0.2) is 4.39 Å². The third kappa shape index (κ3) is 3.88. The molecule has 6 heteroatoms. The number of hydrogen-bond donors (Lipinski definition) is 3. The number of benzene rings is 1. The molecule has 1 aromatic carbocycles. The Morgan fingerprint density at radius 2 is 2.25 bits per heavy atom. The van der Waals surface area contributed by atoms with E-state index in [0.29, 0.717) is 6.54 Å². The van der Waals surface area contributed by atoms with Gasteiger partial charge in [-0.1, -0.05) is 15.9 Å². The smallest absolute Gasteiger partial charge is 0.235 e. The minimum atomic E-state index is -0.729. The standard InChI is InChI=1S/C10H13BrFN3O/c11-8-2-1-7(12)3-6(8)4-15-5-9(13)10(14)16/h1-3,9,15H,4-5,13H2,(H2,14,16). The molecule has 0 heterocycles. The van der Waals surface area contributed by atoms with Crippen molar-refractivity contribution in [3.63, 3.8) is 0 Å². The van der Waals surface area contributed by atoms with Crippen LogP contribution in [-0.2, 0) is 11.3 Å². The zero-order chi connectivity index (χ0) is 12.1. The van der Waals surface area contributed by atoms with Crippen molar-refractivity contribution in [2.24, 2.45) is 11.5 Å². The summed E-state index contributed by atoms with van der Waals surface area (Å²) in [6.07, 6.45) is 0. The molecule has 0 radical (unpaired) electrons. The highest BCUT2D eigenvalue weighted by Gasteiger charge is 2.08. The van der Waals surface area contributed by atoms with Gasteiger partial charge in [0.05, 0.1) is 6.04 Å². The Labute approximate surface area is 101 Å². The van der Waals surface area contributed by atoms with Gasteiger partial charge < -0.3 is 16.8 Å². The van der Waals surface area contributed by atoms with Gasteiger partial charge in [-0.3, -0.25) is 4.79 Å². The summed E-state index contributed by atoms with van der Waals surface area (Å²) in [7, 11) is 0. The summed E-state index contributed by atoms with van der Waals surface area (Å²) in [4.78, 5) is 10.7. The Morgan fingerprint density at radius 1 is 1.56 bits per heavy atom. The number of rotatable bonds is 5. The van der Waals surface area contributed by atoms with E-state index in [1.54, 1.807) is 6.07 Å². The third-order valence-corrected chi connectivity index (χ3v) is 2.83. The van der Waals surface area contributed by atoms with Crippen LogP contribution < -0.4 is 16.8 Å². The van der Waals surface area contributed by atoms with Crippen molar-refractivity contribution in [1.29, 1.82) is 0 Å². The van der Waals surface area contributed by atoms with Gasteiger partial charge in [0.15, 0.2) is 0 Å². The largest absolute Gasteiger partial charge is 0.368 e. The van der Waals surface area contributed by atoms with E-state index in [2.05, 4.69) is 21.2 Å². The number of nitrogens with two attached hydrogens (primary N) is 2. The molecule has 0 aliphatic carbocycles. The van der Waals surface area contributed by atoms with E-state index in [1.165, 1.54) is 12.1 Å². The van der Waals surface area contributed by atoms with Gasteiger partial charge in [-0.15, -0.1) is 0 Å². The average molecular weight is 290 g/mol. The molecule has 0 bridgehead atoms. The monoisotopic (exact) mass is 289 g/mol. The van der Waals surface area contributed by atoms with Crippen LogP contribution in [0.4, 0.5) is 4.39 Å². The SMILES string of the molecule is NC(=O)C(N)CNCc1cc(F)ccc1Br. The molecule has 0 aliphatic heterocycles. The molecule has 4 nitrogen and oxygen atoms in total. The number of carbonyl (C=O) groups excluding carboxylic acids is 1. The van der Waals surface area contributed by atoms with Gasteiger partial charge in [0, 0.05) is 17.6 Å². The summed E-state index contributed by atoms with van der Waals surface area (Å²) >= 11 is 3.30. The van der Waals surface area contributed by atoms with E-state index in [4.69, 9.17) is 11.5 Å². The number of primary amides is 1. The quantitative estimate of drug-likeness (QED) is 0.738. The molecule has 0 saturated carbocycles. The van der Waals surface area contributed by atoms with E-state index >= 15 is 0 Å². The maximum atomic E-state index is 12.9. The Balaban J connectivity index is 2.48. The molecule has 0 spiro atoms. The van der Waals surface area contributed by atoms with E-state index in [9.17, 15) is 9.18 Å². The Bertz CT molecular complexity index is 386. The predicted octanol–water partition coefficient (Wildman–Crippen LogP) is 0.490. The first-order valence-corrected chi connectivity index (χ1v) is 5.49. The number of hydrogen-bond acceptors (Lipinski definition) is 3. The van der Waals surface area contributed by atoms with Crippen LogP contribution in [0.1, 0.15) is 5.56 Å². The first-order chi connectivity index (χ1) is 7.50. The van der Waals surface area contributed by atoms with E-state index in [0.717, 1.165) is 10.0 Å². The molecule has 1 unspecified atom stereocenters. The number of amides is 1. The highest BCUT2D eigenvalue weighted by atomic mass is 79.9. The van der Waals surface area contributed by atoms with Crippen LogP contribution in [0.5, 0.6) is 0 Å². The zero-order valence-electron chi connectivity index (χ0n) is 8.54. The second-order valence-electron chi connectivity index (χ2n) is 3.38. The van der Waals surface area contributed by atoms with Crippen LogP contribution in [-0.4, -0.2) is 18.5 Å². The molecule has 1 atom stereocenters. The second-order valence-corrected chi connectivity index (χ2v) is 4.23. The van der Waals surface area contributed by atoms with Gasteiger partial charge in [-0.2, -0.15) is 0 Å². The fourth-order valence-electron chi connectivity index (χ4n) is 1.14. The van der Waals surface area contributed by atoms with E-state index < -0.39 is 11.9 Å². The average Bonchev–Trinajstić information content (AvgIpc) is 2.22. The van der Waals surface area contributed by atoms with Crippen LogP contribution >= 0.6 is 15.9 Å². The summed E-state index contributed by atoms with van der Waals surface area (Å²) in [5.74, 6) is -0.870. The molecule has 5 N–H and O–H groups in total. The maximum Gasteiger partial charge on any atom is 0.235 e. The Kier molecular flexibility index (Phi) is 4.85. The first kappa shape index (κ1) is 13.1. The van der Waals surface area contributed by atoms with Crippen LogP contribution in [0, 0.1) is 5.82 Å². The van der Waals surface area contributed by atoms with Crippen LogP contribution in [0.3, 0.4) is 0 Å². The third-order valence-electron chi connectivity index (χ3n) is 2.05. The van der Waals surface area contributed by atoms with Gasteiger partial charge in [0.1, 0.15) is 5.82 Å². The lowest BCUT2D eigenvalue weighted by molar-refractivity contribution is -0.119. The highest BCUT2D eigenvalue weighted by molar-refractivity contribution is 9.10. The summed E-state index contributed by atoms with van der Waals surface area (Å²) in [5, 5.41) is 2.93.